The smallest absolute Gasteiger partial charge is 0.148 e. The summed E-state index contributed by atoms with van der Waals surface area (Å²) in [6.45, 7) is 2.21. The monoisotopic (exact) mass is 446 g/mol. The summed E-state index contributed by atoms with van der Waals surface area (Å²) < 4.78 is 42.1. The van der Waals surface area contributed by atoms with Gasteiger partial charge in [0.1, 0.15) is 12.4 Å². The van der Waals surface area contributed by atoms with Crippen LogP contribution in [0.2, 0.25) is 0 Å². The van der Waals surface area contributed by atoms with Crippen molar-refractivity contribution in [2.24, 2.45) is 4.36 Å². The van der Waals surface area contributed by atoms with Gasteiger partial charge < -0.3 is 14.3 Å². The third-order valence-corrected chi connectivity index (χ3v) is 4.00. The van der Waals surface area contributed by atoms with E-state index < -0.39 is 19.5 Å². The van der Waals surface area contributed by atoms with Crippen LogP contribution in [-0.2, 0) is 33.7 Å². The van der Waals surface area contributed by atoms with Crippen molar-refractivity contribution >= 4 is 25.7 Å². The highest BCUT2D eigenvalue weighted by molar-refractivity contribution is 7.92. The van der Waals surface area contributed by atoms with E-state index in [2.05, 4.69) is 4.36 Å². The van der Waals surface area contributed by atoms with Crippen LogP contribution in [0, 0.1) is 4.78 Å². The molecular formula is C19H46N2O5S2. The molecule has 2 atom stereocenters. The number of nitrogens with one attached hydrogen (secondary N) is 1. The number of rotatable bonds is 3. The van der Waals surface area contributed by atoms with Gasteiger partial charge in [0.2, 0.25) is 0 Å². The molecule has 0 aliphatic carbocycles. The van der Waals surface area contributed by atoms with Gasteiger partial charge in [0.05, 0.1) is 12.6 Å². The van der Waals surface area contributed by atoms with E-state index in [9.17, 15) is 13.2 Å². The van der Waals surface area contributed by atoms with Crippen LogP contribution in [0.5, 0.6) is 0 Å². The molecule has 0 amide bonds. The highest BCUT2D eigenvalue weighted by Gasteiger charge is 2.13. The number of hydrogen-bond acceptors (Lipinski definition) is 7. The molecule has 0 radical (unpaired) electrons. The summed E-state index contributed by atoms with van der Waals surface area (Å²) in [5.74, 6) is 0. The first-order chi connectivity index (χ1) is 11.5. The zero-order chi connectivity index (χ0) is 19.3. The number of carbonyl (C=O) groups excluding carboxylic acids is 1. The Morgan fingerprint density at radius 1 is 0.929 bits per heavy atom. The Morgan fingerprint density at radius 2 is 1.39 bits per heavy atom. The van der Waals surface area contributed by atoms with Crippen LogP contribution in [0.1, 0.15) is 60.8 Å². The average molecular weight is 447 g/mol. The van der Waals surface area contributed by atoms with Crippen LogP contribution in [-0.4, -0.2) is 71.7 Å². The molecule has 174 valence electrons. The first-order valence-corrected chi connectivity index (χ1v) is 13.2. The number of aldehydes is 1. The quantitative estimate of drug-likeness (QED) is 0.653. The largest absolute Gasteiger partial charge is 0.376 e. The maximum atomic E-state index is 11.2. The molecule has 0 aromatic carbocycles. The van der Waals surface area contributed by atoms with E-state index in [1.165, 1.54) is 18.9 Å². The molecule has 0 unspecified atom stereocenters. The predicted molar refractivity (Wildman–Crippen MR) is 123 cm³/mol. The fourth-order valence-corrected chi connectivity index (χ4v) is 2.61. The van der Waals surface area contributed by atoms with Crippen molar-refractivity contribution in [3.63, 3.8) is 0 Å². The molecule has 0 aromatic rings. The highest BCUT2D eigenvalue weighted by Crippen LogP contribution is 2.13. The molecule has 2 heterocycles. The van der Waals surface area contributed by atoms with Crippen LogP contribution in [0.3, 0.4) is 0 Å². The van der Waals surface area contributed by atoms with Crippen molar-refractivity contribution in [2.75, 3.05) is 44.8 Å². The Kier molecular flexibility index (Phi) is 23.1. The van der Waals surface area contributed by atoms with Gasteiger partial charge in [-0.15, -0.1) is 0 Å². The SMILES string of the molecule is C.C.C.CS(C)(=N)=O.CS(C)(=O)=NC[C@@H]1CCCCO1.O=C[C@@H]1CCCCO1. The average Bonchev–Trinajstić information content (AvgIpc) is 2.53. The minimum Gasteiger partial charge on any atom is -0.376 e. The number of ether oxygens (including phenoxy) is 2. The summed E-state index contributed by atoms with van der Waals surface area (Å²) >= 11 is 0. The standard InChI is InChI=1S/C8H17NO2S.C6H10O2.C2H7NOS.3CH4/c1-12(2,10)9-7-8-5-3-4-6-11-8;7-5-6-3-1-2-4-8-6;1-5(2,3)4;;;/h8H,3-7H2,1-2H3;5-6H,1-4H2;3H,1-2H3;3*1H4/t8-;6-;;;;/m00..../s1. The Hall–Kier alpha value is -0.510. The van der Waals surface area contributed by atoms with Gasteiger partial charge in [-0.3, -0.25) is 13.2 Å². The first kappa shape index (κ1) is 35.0. The minimum absolute atomic E-state index is 0. The zero-order valence-electron chi connectivity index (χ0n) is 15.9. The molecule has 2 saturated heterocycles. The predicted octanol–water partition coefficient (Wildman–Crippen LogP) is 4.24. The van der Waals surface area contributed by atoms with E-state index in [0.717, 1.165) is 51.6 Å². The van der Waals surface area contributed by atoms with Gasteiger partial charge >= 0.3 is 0 Å². The number of nitrogens with zero attached hydrogens (tertiary/aromatic N) is 1. The summed E-state index contributed by atoms with van der Waals surface area (Å²) in [6.07, 6.45) is 13.7. The van der Waals surface area contributed by atoms with E-state index in [1.807, 2.05) is 0 Å². The fourth-order valence-electron chi connectivity index (χ4n) is 2.09. The van der Waals surface area contributed by atoms with Crippen molar-refractivity contribution in [3.8, 4) is 0 Å². The summed E-state index contributed by atoms with van der Waals surface area (Å²) in [7, 11) is -4.10. The van der Waals surface area contributed by atoms with Crippen LogP contribution < -0.4 is 0 Å². The van der Waals surface area contributed by atoms with Gasteiger partial charge in [0.25, 0.3) is 0 Å². The highest BCUT2D eigenvalue weighted by atomic mass is 32.2. The van der Waals surface area contributed by atoms with E-state index in [4.69, 9.17) is 14.3 Å². The zero-order valence-corrected chi connectivity index (χ0v) is 17.5. The molecule has 9 heteroatoms. The van der Waals surface area contributed by atoms with Gasteiger partial charge in [-0.25, -0.2) is 4.36 Å². The fraction of sp³-hybridized carbons (Fsp3) is 0.947. The van der Waals surface area contributed by atoms with Gasteiger partial charge in [-0.2, -0.15) is 0 Å². The second kappa shape index (κ2) is 18.5. The second-order valence-electron chi connectivity index (χ2n) is 6.76. The molecule has 2 aliphatic rings. The summed E-state index contributed by atoms with van der Waals surface area (Å²) in [6, 6.07) is 0. The lowest BCUT2D eigenvalue weighted by atomic mass is 10.1. The van der Waals surface area contributed by atoms with Gasteiger partial charge in [-0.1, -0.05) is 22.3 Å². The molecule has 2 fully saturated rings. The molecule has 2 aliphatic heterocycles. The van der Waals surface area contributed by atoms with Crippen molar-refractivity contribution in [1.29, 1.82) is 4.78 Å². The molecule has 7 nitrogen and oxygen atoms in total. The van der Waals surface area contributed by atoms with Crippen molar-refractivity contribution in [2.45, 2.75) is 73.0 Å². The molecule has 28 heavy (non-hydrogen) atoms. The molecule has 0 spiro atoms. The third kappa shape index (κ3) is 27.7. The Balaban J connectivity index is -0.000000159. The normalized spacial score (nSPS) is 21.4. The molecular weight excluding hydrogens is 400 g/mol. The third-order valence-electron chi connectivity index (χ3n) is 3.23. The Morgan fingerprint density at radius 3 is 1.68 bits per heavy atom. The first-order valence-electron chi connectivity index (χ1n) is 8.51. The lowest BCUT2D eigenvalue weighted by molar-refractivity contribution is -0.120. The number of carbonyl (C=O) groups is 1. The summed E-state index contributed by atoms with van der Waals surface area (Å²) in [4.78, 5) is 10.0. The Bertz CT molecular complexity index is 557. The topological polar surface area (TPSA) is 106 Å². The molecule has 0 saturated carbocycles. The van der Waals surface area contributed by atoms with Crippen LogP contribution in [0.4, 0.5) is 0 Å². The number of hydrogen-bond donors (Lipinski definition) is 1. The van der Waals surface area contributed by atoms with Crippen molar-refractivity contribution < 1.29 is 22.7 Å². The summed E-state index contributed by atoms with van der Waals surface area (Å²) in [5, 5.41) is 0. The van der Waals surface area contributed by atoms with Gasteiger partial charge in [0.15, 0.2) is 0 Å². The lowest BCUT2D eigenvalue weighted by Crippen LogP contribution is -2.22. The maximum absolute atomic E-state index is 11.2. The van der Waals surface area contributed by atoms with E-state index >= 15 is 0 Å². The summed E-state index contributed by atoms with van der Waals surface area (Å²) in [5.41, 5.74) is 0. The lowest BCUT2D eigenvalue weighted by Gasteiger charge is -2.20. The molecule has 1 N–H and O–H groups in total. The molecule has 0 bridgehead atoms. The van der Waals surface area contributed by atoms with Gasteiger partial charge in [0, 0.05) is 57.7 Å². The minimum atomic E-state index is -2.17. The van der Waals surface area contributed by atoms with Crippen LogP contribution >= 0.6 is 0 Å². The van der Waals surface area contributed by atoms with E-state index in [1.54, 1.807) is 12.5 Å². The van der Waals surface area contributed by atoms with Crippen molar-refractivity contribution in [3.05, 3.63) is 0 Å². The second-order valence-corrected chi connectivity index (χ2v) is 11.8. The van der Waals surface area contributed by atoms with E-state index in [-0.39, 0.29) is 34.5 Å². The van der Waals surface area contributed by atoms with Gasteiger partial charge in [-0.05, 0) is 38.5 Å². The maximum Gasteiger partial charge on any atom is 0.148 e. The van der Waals surface area contributed by atoms with E-state index in [0.29, 0.717) is 6.54 Å². The molecule has 0 aromatic heterocycles. The van der Waals surface area contributed by atoms with Crippen LogP contribution in [0.15, 0.2) is 4.36 Å². The van der Waals surface area contributed by atoms with Crippen LogP contribution in [0.25, 0.3) is 0 Å². The molecule has 2 rings (SSSR count). The van der Waals surface area contributed by atoms with Crippen molar-refractivity contribution in [1.82, 2.24) is 0 Å². The Labute approximate surface area is 175 Å².